The van der Waals surface area contributed by atoms with Gasteiger partial charge in [0.05, 0.1) is 18.5 Å². The molecule has 0 unspecified atom stereocenters. The number of benzene rings is 2. The normalized spacial score (nSPS) is 14.8. The molecule has 0 aromatic heterocycles. The summed E-state index contributed by atoms with van der Waals surface area (Å²) in [6.07, 6.45) is 4.36. The monoisotopic (exact) mass is 405 g/mol. The van der Waals surface area contributed by atoms with Gasteiger partial charge in [-0.1, -0.05) is 34.6 Å². The zero-order chi connectivity index (χ0) is 21.7. The first-order valence-electron chi connectivity index (χ1n) is 10.2. The maximum Gasteiger partial charge on any atom is 0.209 e. The maximum atomic E-state index is 10.5. The van der Waals surface area contributed by atoms with Crippen LogP contribution < -0.4 is 4.90 Å². The lowest BCUT2D eigenvalue weighted by Gasteiger charge is -2.23. The molecule has 2 aromatic rings. The summed E-state index contributed by atoms with van der Waals surface area (Å²) in [6.45, 7) is 7.89. The van der Waals surface area contributed by atoms with Crippen molar-refractivity contribution in [3.8, 4) is 0 Å². The predicted octanol–water partition coefficient (Wildman–Crippen LogP) is 5.05. The van der Waals surface area contributed by atoms with Crippen LogP contribution in [0, 0.1) is 16.7 Å². The van der Waals surface area contributed by atoms with Crippen molar-refractivity contribution in [3.63, 3.8) is 0 Å². The highest BCUT2D eigenvalue weighted by atomic mass is 16.3. The molecule has 30 heavy (non-hydrogen) atoms. The van der Waals surface area contributed by atoms with Gasteiger partial charge in [0, 0.05) is 36.5 Å². The van der Waals surface area contributed by atoms with Crippen LogP contribution in [0.4, 0.5) is 11.4 Å². The number of aryl methyl sites for hydroxylation is 1. The number of hydrogen-bond acceptors (Lipinski definition) is 5. The van der Waals surface area contributed by atoms with Crippen molar-refractivity contribution in [2.75, 3.05) is 38.1 Å². The lowest BCUT2D eigenvalue weighted by Crippen LogP contribution is -2.28. The van der Waals surface area contributed by atoms with E-state index >= 15 is 0 Å². The molecule has 0 N–H and O–H groups in total. The van der Waals surface area contributed by atoms with Crippen LogP contribution >= 0.6 is 0 Å². The first kappa shape index (κ1) is 21.6. The Kier molecular flexibility index (Phi) is 6.55. The van der Waals surface area contributed by atoms with Crippen LogP contribution in [-0.2, 0) is 5.41 Å². The fourth-order valence-electron chi connectivity index (χ4n) is 4.21. The summed E-state index contributed by atoms with van der Waals surface area (Å²) in [6, 6.07) is 14.7. The summed E-state index contributed by atoms with van der Waals surface area (Å²) in [7, 11) is 2.11. The van der Waals surface area contributed by atoms with Crippen LogP contribution in [0.25, 0.3) is 6.08 Å². The smallest absolute Gasteiger partial charge is 0.209 e. The third kappa shape index (κ3) is 4.22. The Bertz CT molecular complexity index is 996. The van der Waals surface area contributed by atoms with E-state index in [9.17, 15) is 9.81 Å². The first-order chi connectivity index (χ1) is 14.4. The molecule has 3 rings (SSSR count). The summed E-state index contributed by atoms with van der Waals surface area (Å²) in [5, 5.41) is 5.88. The van der Waals surface area contributed by atoms with Gasteiger partial charge in [-0.2, -0.15) is 14.4 Å². The Hall–Kier alpha value is -3.15. The molecule has 0 aliphatic carbocycles. The zero-order valence-corrected chi connectivity index (χ0v) is 18.1. The molecule has 0 radical (unpaired) electrons. The van der Waals surface area contributed by atoms with E-state index in [1.807, 2.05) is 11.0 Å². The highest BCUT2D eigenvalue weighted by Gasteiger charge is 2.42. The highest BCUT2D eigenvalue weighted by Crippen LogP contribution is 2.39. The SMILES string of the molecule is Cc1cc(N(CCN=O)CCN=O)ccc1/C=C/C1=[N+](C)c2ccccc2C1(C)C. The molecule has 0 fully saturated rings. The maximum absolute atomic E-state index is 10.5. The van der Waals surface area contributed by atoms with E-state index in [0.29, 0.717) is 13.1 Å². The Morgan fingerprint density at radius 1 is 1.00 bits per heavy atom. The Labute approximate surface area is 177 Å². The van der Waals surface area contributed by atoms with Gasteiger partial charge in [0.1, 0.15) is 7.05 Å². The Morgan fingerprint density at radius 2 is 1.67 bits per heavy atom. The second kappa shape index (κ2) is 9.11. The number of anilines is 1. The van der Waals surface area contributed by atoms with Crippen molar-refractivity contribution >= 4 is 23.2 Å². The van der Waals surface area contributed by atoms with Crippen LogP contribution in [0.15, 0.2) is 58.9 Å². The van der Waals surface area contributed by atoms with Crippen molar-refractivity contribution in [3.05, 3.63) is 75.0 Å². The number of para-hydroxylation sites is 1. The average molecular weight is 406 g/mol. The third-order valence-corrected chi connectivity index (χ3v) is 5.90. The van der Waals surface area contributed by atoms with E-state index in [1.165, 1.54) is 17.0 Å². The zero-order valence-electron chi connectivity index (χ0n) is 18.1. The number of nitroso groups, excluding NO2 is 2. The van der Waals surface area contributed by atoms with Gasteiger partial charge in [0.15, 0.2) is 5.71 Å². The van der Waals surface area contributed by atoms with E-state index < -0.39 is 0 Å². The van der Waals surface area contributed by atoms with Crippen LogP contribution in [0.1, 0.15) is 30.5 Å². The highest BCUT2D eigenvalue weighted by molar-refractivity contribution is 6.05. The first-order valence-corrected chi connectivity index (χ1v) is 10.2. The molecular formula is C24H29N4O2+. The van der Waals surface area contributed by atoms with E-state index in [1.54, 1.807) is 0 Å². The van der Waals surface area contributed by atoms with Gasteiger partial charge in [0.25, 0.3) is 0 Å². The summed E-state index contributed by atoms with van der Waals surface area (Å²) >= 11 is 0. The van der Waals surface area contributed by atoms with E-state index in [0.717, 1.165) is 16.8 Å². The summed E-state index contributed by atoms with van der Waals surface area (Å²) in [4.78, 5) is 23.0. The molecule has 0 spiro atoms. The summed E-state index contributed by atoms with van der Waals surface area (Å²) in [5.41, 5.74) is 7.01. The lowest BCUT2D eigenvalue weighted by molar-refractivity contribution is -0.401. The van der Waals surface area contributed by atoms with Crippen LogP contribution in [0.2, 0.25) is 0 Å². The van der Waals surface area contributed by atoms with Crippen molar-refractivity contribution in [1.29, 1.82) is 0 Å². The molecule has 6 heteroatoms. The molecule has 0 atom stereocenters. The van der Waals surface area contributed by atoms with Gasteiger partial charge in [-0.05, 0) is 50.1 Å². The average Bonchev–Trinajstić information content (AvgIpc) is 2.93. The topological polar surface area (TPSA) is 65.1 Å². The van der Waals surface area contributed by atoms with Gasteiger partial charge < -0.3 is 4.90 Å². The number of allylic oxidation sites excluding steroid dienone is 1. The van der Waals surface area contributed by atoms with Crippen LogP contribution in [-0.4, -0.2) is 43.5 Å². The second-order valence-electron chi connectivity index (χ2n) is 8.15. The molecule has 1 aliphatic heterocycles. The fraction of sp³-hybridized carbons (Fsp3) is 0.375. The fourth-order valence-corrected chi connectivity index (χ4v) is 4.21. The number of nitrogens with zero attached hydrogens (tertiary/aromatic N) is 4. The van der Waals surface area contributed by atoms with Crippen LogP contribution in [0.5, 0.6) is 0 Å². The minimum atomic E-state index is -0.0594. The minimum Gasteiger partial charge on any atom is -0.368 e. The molecule has 1 aliphatic rings. The molecule has 0 saturated carbocycles. The minimum absolute atomic E-state index is 0.0594. The Balaban J connectivity index is 1.86. The molecule has 0 bridgehead atoms. The molecule has 0 amide bonds. The van der Waals surface area contributed by atoms with E-state index in [4.69, 9.17) is 0 Å². The van der Waals surface area contributed by atoms with Crippen molar-refractivity contribution in [2.24, 2.45) is 10.4 Å². The van der Waals surface area contributed by atoms with E-state index in [2.05, 4.69) is 91.3 Å². The molecule has 0 saturated heterocycles. The number of rotatable bonds is 9. The van der Waals surface area contributed by atoms with Gasteiger partial charge in [0.2, 0.25) is 5.69 Å². The van der Waals surface area contributed by atoms with E-state index in [-0.39, 0.29) is 18.5 Å². The standard InChI is InChI=1S/C24H29N4O2/c1-18-17-20(28(15-13-25-29)16-14-26-30)11-9-19(18)10-12-23-24(2,3)21-7-5-6-8-22(21)27(23)4/h5-12,17H,13-16H2,1-4H3/q+1. The molecule has 6 nitrogen and oxygen atoms in total. The van der Waals surface area contributed by atoms with Gasteiger partial charge >= 0.3 is 0 Å². The van der Waals surface area contributed by atoms with Crippen molar-refractivity contribution < 1.29 is 4.58 Å². The number of hydrogen-bond donors (Lipinski definition) is 0. The van der Waals surface area contributed by atoms with Gasteiger partial charge in [-0.15, -0.1) is 0 Å². The predicted molar refractivity (Wildman–Crippen MR) is 124 cm³/mol. The second-order valence-corrected chi connectivity index (χ2v) is 8.15. The molecule has 1 heterocycles. The molecule has 156 valence electrons. The number of fused-ring (bicyclic) bond motifs is 1. The van der Waals surface area contributed by atoms with Crippen molar-refractivity contribution in [1.82, 2.24) is 0 Å². The quantitative estimate of drug-likeness (QED) is 0.433. The molecule has 2 aromatic carbocycles. The lowest BCUT2D eigenvalue weighted by atomic mass is 9.81. The molecular weight excluding hydrogens is 376 g/mol. The summed E-state index contributed by atoms with van der Waals surface area (Å²) in [5.74, 6) is 0. The summed E-state index contributed by atoms with van der Waals surface area (Å²) < 4.78 is 2.26. The Morgan fingerprint density at radius 3 is 2.27 bits per heavy atom. The van der Waals surface area contributed by atoms with Crippen molar-refractivity contribution in [2.45, 2.75) is 26.2 Å². The third-order valence-electron chi connectivity index (χ3n) is 5.90. The van der Waals surface area contributed by atoms with Gasteiger partial charge in [-0.25, -0.2) is 0 Å². The van der Waals surface area contributed by atoms with Crippen LogP contribution in [0.3, 0.4) is 0 Å². The largest absolute Gasteiger partial charge is 0.368 e. The van der Waals surface area contributed by atoms with Gasteiger partial charge in [-0.3, -0.25) is 0 Å².